The second-order valence-electron chi connectivity index (χ2n) is 10.9. The van der Waals surface area contributed by atoms with Gasteiger partial charge < -0.3 is 20.7 Å². The van der Waals surface area contributed by atoms with Crippen LogP contribution in [0, 0.1) is 6.92 Å². The quantitative estimate of drug-likeness (QED) is 0.309. The van der Waals surface area contributed by atoms with E-state index in [9.17, 15) is 18.0 Å². The van der Waals surface area contributed by atoms with E-state index in [2.05, 4.69) is 25.2 Å². The smallest absolute Gasteiger partial charge is 0.267 e. The standard InChI is InChI=1S/C28H32N8O5S2/c1-16-32-28(41-20-9-7-19(37)8-10-20)23(42-16)27(38)33-17-4-3-13-35(14-17)26-22-24(29)30-15-31-25(22)36(34-26)18-5-11-21(12-6-18)43(2,39)40/h5-6,11-12,15,17,20H,3-4,7-10,13-14H2,1-2H3,(H,33,38)(H2,29,30,31)/t17-/m1/s1. The van der Waals surface area contributed by atoms with Crippen LogP contribution in [-0.4, -0.2) is 76.3 Å². The van der Waals surface area contributed by atoms with E-state index < -0.39 is 9.84 Å². The number of piperidine rings is 1. The van der Waals surface area contributed by atoms with E-state index in [0.717, 1.165) is 24.1 Å². The Bertz CT molecular complexity index is 1790. The molecule has 0 unspecified atom stereocenters. The van der Waals surface area contributed by atoms with Crippen molar-refractivity contribution in [2.24, 2.45) is 0 Å². The number of carbonyl (C=O) groups excluding carboxylic acids is 2. The third kappa shape index (κ3) is 6.04. The Morgan fingerprint density at radius 1 is 1.14 bits per heavy atom. The maximum atomic E-state index is 13.4. The number of aryl methyl sites for hydroxylation is 1. The number of nitrogen functional groups attached to an aromatic ring is 1. The summed E-state index contributed by atoms with van der Waals surface area (Å²) in [5.74, 6) is 1.18. The molecule has 0 spiro atoms. The topological polar surface area (TPSA) is 175 Å². The van der Waals surface area contributed by atoms with Crippen LogP contribution >= 0.6 is 11.3 Å². The molecule has 1 aliphatic heterocycles. The number of nitrogens with zero attached hydrogens (tertiary/aromatic N) is 6. The molecule has 3 aromatic heterocycles. The molecule has 4 aromatic rings. The first-order valence-electron chi connectivity index (χ1n) is 14.1. The molecule has 1 saturated heterocycles. The highest BCUT2D eigenvalue weighted by Crippen LogP contribution is 2.33. The number of sulfone groups is 1. The van der Waals surface area contributed by atoms with E-state index in [-0.39, 0.29) is 34.5 Å². The van der Waals surface area contributed by atoms with Gasteiger partial charge in [-0.2, -0.15) is 0 Å². The van der Waals surface area contributed by atoms with Gasteiger partial charge in [0.25, 0.3) is 5.91 Å². The molecule has 2 aliphatic rings. The van der Waals surface area contributed by atoms with Gasteiger partial charge in [0.15, 0.2) is 26.2 Å². The lowest BCUT2D eigenvalue weighted by Crippen LogP contribution is -2.48. The maximum Gasteiger partial charge on any atom is 0.267 e. The van der Waals surface area contributed by atoms with E-state index >= 15 is 0 Å². The van der Waals surface area contributed by atoms with E-state index in [0.29, 0.717) is 72.1 Å². The Balaban J connectivity index is 1.22. The average Bonchev–Trinajstić information content (AvgIpc) is 3.55. The number of hydrogen-bond donors (Lipinski definition) is 2. The summed E-state index contributed by atoms with van der Waals surface area (Å²) in [7, 11) is -3.35. The molecule has 1 amide bonds. The van der Waals surface area contributed by atoms with Crippen LogP contribution < -0.4 is 20.7 Å². The minimum absolute atomic E-state index is 0.130. The zero-order chi connectivity index (χ0) is 30.3. The van der Waals surface area contributed by atoms with Crippen molar-refractivity contribution in [3.8, 4) is 11.6 Å². The van der Waals surface area contributed by atoms with Crippen LogP contribution in [0.25, 0.3) is 16.7 Å². The molecule has 1 aliphatic carbocycles. The van der Waals surface area contributed by atoms with Gasteiger partial charge in [0.2, 0.25) is 5.88 Å². The van der Waals surface area contributed by atoms with Crippen molar-refractivity contribution in [2.75, 3.05) is 30.0 Å². The number of hydrogen-bond acceptors (Lipinski definition) is 12. The number of rotatable bonds is 7. The highest BCUT2D eigenvalue weighted by Gasteiger charge is 2.30. The van der Waals surface area contributed by atoms with Crippen molar-refractivity contribution < 1.29 is 22.7 Å². The van der Waals surface area contributed by atoms with Crippen molar-refractivity contribution in [3.05, 3.63) is 40.5 Å². The van der Waals surface area contributed by atoms with E-state index in [4.69, 9.17) is 15.6 Å². The number of thiazole rings is 1. The highest BCUT2D eigenvalue weighted by molar-refractivity contribution is 7.90. The minimum Gasteiger partial charge on any atom is -0.473 e. The molecule has 226 valence electrons. The maximum absolute atomic E-state index is 13.4. The molecular formula is C28H32N8O5S2. The fourth-order valence-electron chi connectivity index (χ4n) is 5.55. The van der Waals surface area contributed by atoms with E-state index in [1.165, 1.54) is 29.8 Å². The summed E-state index contributed by atoms with van der Waals surface area (Å²) < 4.78 is 31.6. The molecule has 43 heavy (non-hydrogen) atoms. The number of benzene rings is 1. The van der Waals surface area contributed by atoms with Gasteiger partial charge in [0.05, 0.1) is 15.6 Å². The Hall–Kier alpha value is -4.11. The summed E-state index contributed by atoms with van der Waals surface area (Å²) in [6.45, 7) is 3.01. The van der Waals surface area contributed by atoms with E-state index in [1.54, 1.807) is 16.8 Å². The van der Waals surface area contributed by atoms with Crippen molar-refractivity contribution >= 4 is 55.5 Å². The van der Waals surface area contributed by atoms with Gasteiger partial charge in [-0.15, -0.1) is 16.4 Å². The van der Waals surface area contributed by atoms with Gasteiger partial charge in [0.1, 0.15) is 29.4 Å². The fourth-order valence-corrected chi connectivity index (χ4v) is 6.94. The monoisotopic (exact) mass is 624 g/mol. The number of ether oxygens (including phenoxy) is 1. The normalized spacial score (nSPS) is 18.2. The molecular weight excluding hydrogens is 592 g/mol. The van der Waals surface area contributed by atoms with Crippen molar-refractivity contribution in [3.63, 3.8) is 0 Å². The number of fused-ring (bicyclic) bond motifs is 1. The van der Waals surface area contributed by atoms with Crippen molar-refractivity contribution in [1.82, 2.24) is 30.0 Å². The zero-order valence-corrected chi connectivity index (χ0v) is 25.4. The van der Waals surface area contributed by atoms with Gasteiger partial charge in [-0.1, -0.05) is 0 Å². The minimum atomic E-state index is -3.35. The van der Waals surface area contributed by atoms with E-state index in [1.807, 2.05) is 6.92 Å². The molecule has 1 saturated carbocycles. The van der Waals surface area contributed by atoms with Crippen LogP contribution in [0.4, 0.5) is 11.6 Å². The predicted molar refractivity (Wildman–Crippen MR) is 162 cm³/mol. The number of ketones is 1. The van der Waals surface area contributed by atoms with Gasteiger partial charge >= 0.3 is 0 Å². The van der Waals surface area contributed by atoms with Crippen LogP contribution in [0.3, 0.4) is 0 Å². The Morgan fingerprint density at radius 2 is 1.88 bits per heavy atom. The molecule has 1 atom stereocenters. The van der Waals surface area contributed by atoms with Gasteiger partial charge in [0, 0.05) is 38.2 Å². The first-order chi connectivity index (χ1) is 20.6. The third-order valence-corrected chi connectivity index (χ3v) is 9.80. The largest absolute Gasteiger partial charge is 0.473 e. The summed E-state index contributed by atoms with van der Waals surface area (Å²) in [4.78, 5) is 40.8. The lowest BCUT2D eigenvalue weighted by Gasteiger charge is -2.33. The number of anilines is 2. The number of aromatic nitrogens is 5. The summed E-state index contributed by atoms with van der Waals surface area (Å²) in [6.07, 6.45) is 6.20. The number of nitrogens with one attached hydrogen (secondary N) is 1. The zero-order valence-electron chi connectivity index (χ0n) is 23.8. The van der Waals surface area contributed by atoms with Gasteiger partial charge in [-0.05, 0) is 56.9 Å². The molecule has 6 rings (SSSR count). The van der Waals surface area contributed by atoms with Crippen LogP contribution in [0.2, 0.25) is 0 Å². The summed E-state index contributed by atoms with van der Waals surface area (Å²) in [5, 5.41) is 9.31. The summed E-state index contributed by atoms with van der Waals surface area (Å²) >= 11 is 1.29. The van der Waals surface area contributed by atoms with Gasteiger partial charge in [-0.25, -0.2) is 28.1 Å². The third-order valence-electron chi connectivity index (χ3n) is 7.72. The Kier molecular flexibility index (Phi) is 7.77. The first kappa shape index (κ1) is 29.0. The highest BCUT2D eigenvalue weighted by atomic mass is 32.2. The van der Waals surface area contributed by atoms with Crippen LogP contribution in [0.5, 0.6) is 5.88 Å². The van der Waals surface area contributed by atoms with Crippen LogP contribution in [-0.2, 0) is 14.6 Å². The number of carbonyl (C=O) groups is 2. The first-order valence-corrected chi connectivity index (χ1v) is 16.8. The molecule has 0 bridgehead atoms. The number of nitrogens with two attached hydrogens (primary N) is 1. The van der Waals surface area contributed by atoms with Gasteiger partial charge in [-0.3, -0.25) is 9.59 Å². The van der Waals surface area contributed by atoms with Crippen molar-refractivity contribution in [2.45, 2.75) is 62.5 Å². The molecule has 4 heterocycles. The molecule has 3 N–H and O–H groups in total. The molecule has 0 radical (unpaired) electrons. The lowest BCUT2D eigenvalue weighted by atomic mass is 9.96. The number of Topliss-reactive ketones (excluding diaryl/α,β-unsaturated/α-hetero) is 1. The summed E-state index contributed by atoms with van der Waals surface area (Å²) in [6, 6.07) is 6.23. The SMILES string of the molecule is Cc1nc(OC2CCC(=O)CC2)c(C(=O)N[C@@H]2CCCN(c3nn(-c4ccc(S(C)(=O)=O)cc4)c4ncnc(N)c34)C2)s1. The molecule has 2 fully saturated rings. The Labute approximate surface area is 252 Å². The summed E-state index contributed by atoms with van der Waals surface area (Å²) in [5.41, 5.74) is 7.43. The predicted octanol–water partition coefficient (Wildman–Crippen LogP) is 2.86. The van der Waals surface area contributed by atoms with Crippen LogP contribution in [0.15, 0.2) is 35.5 Å². The molecule has 13 nitrogen and oxygen atoms in total. The van der Waals surface area contributed by atoms with Crippen LogP contribution in [0.1, 0.15) is 53.2 Å². The van der Waals surface area contributed by atoms with Crippen molar-refractivity contribution in [1.29, 1.82) is 0 Å². The fraction of sp³-hybridized carbons (Fsp3) is 0.429. The molecule has 15 heteroatoms. The number of amides is 1. The average molecular weight is 625 g/mol. The molecule has 1 aromatic carbocycles. The lowest BCUT2D eigenvalue weighted by molar-refractivity contribution is -0.121. The second-order valence-corrected chi connectivity index (χ2v) is 14.2. The Morgan fingerprint density at radius 3 is 2.60 bits per heavy atom. The second kappa shape index (κ2) is 11.5.